The molecule has 0 saturated carbocycles. The molecule has 0 radical (unpaired) electrons. The molecule has 7 N–H and O–H groups in total. The highest BCUT2D eigenvalue weighted by Gasteiger charge is 2.60. The second kappa shape index (κ2) is 36.1. The van der Waals surface area contributed by atoms with Crippen molar-refractivity contribution in [2.45, 2.75) is 137 Å². The highest BCUT2D eigenvalue weighted by molar-refractivity contribution is 7.90. The van der Waals surface area contributed by atoms with Crippen LogP contribution in [0.25, 0.3) is 43.6 Å². The van der Waals surface area contributed by atoms with E-state index >= 15 is 32.4 Å². The number of aromatic nitrogens is 1. The number of methoxy groups -OCH3 is 1. The monoisotopic (exact) mass is 1820 g/mol. The van der Waals surface area contributed by atoms with Crippen molar-refractivity contribution in [3.05, 3.63) is 439 Å². The van der Waals surface area contributed by atoms with Crippen LogP contribution in [-0.2, 0) is 125 Å². The third-order valence-electron chi connectivity index (χ3n) is 27.5. The lowest BCUT2D eigenvalue weighted by Gasteiger charge is -2.51. The first-order chi connectivity index (χ1) is 64.6. The fraction of sp³-hybridized carbons (Fsp3) is 0.198. The SMILES string of the molecule is C=CCc1cccc2c(CC(N)(NC(C(=O)N3Cc4ccccc4C3)C(c3cccc4ccccc34)C(Cc3ccc(OC)cc3Cl)(NC(C(=O)N3Cc4ccccc4C3)C(NC(N)(Cc3cc4ccccc4n3S(=O)(=O)c3ccccc3)C(=O)N3Cc4ccccc4C3)c3ccc(-c4ccccc4)cc3Cl)C(=O)N3Cc4ccccc4C3)C(=O)N3Cc4ccccc4C3)cccc12. The minimum atomic E-state index is -4.57. The highest BCUT2D eigenvalue weighted by Crippen LogP contribution is 2.48. The predicted molar refractivity (Wildman–Crippen MR) is 521 cm³/mol. The Morgan fingerprint density at radius 2 is 0.842 bits per heavy atom. The van der Waals surface area contributed by atoms with Gasteiger partial charge in [0.1, 0.15) is 17.3 Å². The number of nitrogens with one attached hydrogen (secondary N) is 3. The van der Waals surface area contributed by atoms with Crippen LogP contribution in [0.1, 0.15) is 101 Å². The maximum absolute atomic E-state index is 19.5. The summed E-state index contributed by atoms with van der Waals surface area (Å²) in [6, 6.07) is 96.3. The van der Waals surface area contributed by atoms with Gasteiger partial charge in [-0.3, -0.25) is 39.9 Å². The van der Waals surface area contributed by atoms with Gasteiger partial charge in [0.05, 0.1) is 29.6 Å². The van der Waals surface area contributed by atoms with Crippen LogP contribution in [0.5, 0.6) is 5.75 Å². The Morgan fingerprint density at radius 1 is 0.398 bits per heavy atom. The van der Waals surface area contributed by atoms with Crippen molar-refractivity contribution in [1.82, 2.24) is 44.4 Å². The largest absolute Gasteiger partial charge is 0.497 e. The number of hydrogen-bond donors (Lipinski definition) is 5. The van der Waals surface area contributed by atoms with E-state index < -0.39 is 93.3 Å². The van der Waals surface area contributed by atoms with Gasteiger partial charge in [0.2, 0.25) is 17.7 Å². The maximum atomic E-state index is 19.5. The molecule has 0 fully saturated rings. The minimum absolute atomic E-state index is 0.0152. The molecule has 15 aromatic rings. The first-order valence-corrected chi connectivity index (χ1v) is 47.2. The number of carbonyl (C=O) groups is 5. The van der Waals surface area contributed by atoms with Gasteiger partial charge < -0.3 is 40.7 Å². The van der Waals surface area contributed by atoms with Crippen LogP contribution in [0.4, 0.5) is 0 Å². The van der Waals surface area contributed by atoms with Crippen LogP contribution in [0.15, 0.2) is 345 Å². The molecular formula is C111H99Cl2N11O8S. The van der Waals surface area contributed by atoms with Gasteiger partial charge >= 0.3 is 0 Å². The van der Waals surface area contributed by atoms with E-state index in [0.29, 0.717) is 56.1 Å². The summed E-state index contributed by atoms with van der Waals surface area (Å²) in [5.74, 6) is -4.39. The topological polar surface area (TPSA) is 238 Å². The molecule has 19 nitrogen and oxygen atoms in total. The van der Waals surface area contributed by atoms with Crippen LogP contribution in [0, 0.1) is 0 Å². The summed E-state index contributed by atoms with van der Waals surface area (Å²) in [5, 5.41) is 15.7. The fourth-order valence-electron chi connectivity index (χ4n) is 21.0. The third-order valence-corrected chi connectivity index (χ3v) is 30.0. The number of nitrogens with zero attached hydrogens (tertiary/aromatic N) is 6. The zero-order valence-electron chi connectivity index (χ0n) is 73.4. The van der Waals surface area contributed by atoms with Crippen molar-refractivity contribution in [2.75, 3.05) is 7.11 Å². The average molecular weight is 1820 g/mol. The van der Waals surface area contributed by atoms with E-state index in [1.807, 2.05) is 243 Å². The number of rotatable bonds is 28. The Hall–Kier alpha value is -13.6. The number of nitrogens with two attached hydrogens (primary N) is 2. The van der Waals surface area contributed by atoms with Crippen LogP contribution >= 0.6 is 23.2 Å². The van der Waals surface area contributed by atoms with E-state index in [1.54, 1.807) is 97.3 Å². The number of benzene rings is 14. The molecule has 133 heavy (non-hydrogen) atoms. The number of amides is 5. The van der Waals surface area contributed by atoms with E-state index in [0.717, 1.165) is 77.5 Å². The number of ether oxygens (including phenoxy) is 1. The first kappa shape index (κ1) is 87.3. The summed E-state index contributed by atoms with van der Waals surface area (Å²) in [5.41, 5.74) is 22.8. The van der Waals surface area contributed by atoms with E-state index in [4.69, 9.17) is 39.4 Å². The summed E-state index contributed by atoms with van der Waals surface area (Å²) >= 11 is 16.3. The molecule has 14 aromatic carbocycles. The molecule has 20 rings (SSSR count). The molecule has 666 valence electrons. The number of fused-ring (bicyclic) bond motifs is 8. The van der Waals surface area contributed by atoms with Crippen molar-refractivity contribution in [3.63, 3.8) is 0 Å². The smallest absolute Gasteiger partial charge is 0.268 e. The quantitative estimate of drug-likeness (QED) is 0.0227. The third kappa shape index (κ3) is 16.6. The maximum Gasteiger partial charge on any atom is 0.268 e. The second-order valence-electron chi connectivity index (χ2n) is 35.8. The van der Waals surface area contributed by atoms with Crippen LogP contribution in [0.2, 0.25) is 10.0 Å². The molecule has 7 atom stereocenters. The number of carbonyl (C=O) groups excluding carboxylic acids is 5. The summed E-state index contributed by atoms with van der Waals surface area (Å²) in [6.07, 6.45) is 1.09. The highest BCUT2D eigenvalue weighted by atomic mass is 35.5. The summed E-state index contributed by atoms with van der Waals surface area (Å²) < 4.78 is 39.3. The van der Waals surface area contributed by atoms with Gasteiger partial charge in [0.25, 0.3) is 21.8 Å². The summed E-state index contributed by atoms with van der Waals surface area (Å²) in [7, 11) is -3.04. The van der Waals surface area contributed by atoms with E-state index in [1.165, 1.54) is 23.2 Å². The first-order valence-electron chi connectivity index (χ1n) is 45.0. The number of hydrogen-bond acceptors (Lipinski definition) is 13. The summed E-state index contributed by atoms with van der Waals surface area (Å²) in [4.78, 5) is 100. The number of allylic oxidation sites excluding steroid dienone is 1. The molecule has 22 heteroatoms. The molecule has 5 amide bonds. The second-order valence-corrected chi connectivity index (χ2v) is 38.4. The molecule has 0 aliphatic carbocycles. The number of halogens is 2. The van der Waals surface area contributed by atoms with E-state index in [2.05, 4.69) is 28.6 Å². The average Bonchev–Trinajstić information content (AvgIpc) is 1.71. The van der Waals surface area contributed by atoms with Crippen molar-refractivity contribution in [2.24, 2.45) is 11.5 Å². The van der Waals surface area contributed by atoms with Crippen molar-refractivity contribution in [1.29, 1.82) is 0 Å². The summed E-state index contributed by atoms with van der Waals surface area (Å²) in [6.45, 7) is 4.88. The molecule has 6 heterocycles. The van der Waals surface area contributed by atoms with Gasteiger partial charge in [-0.05, 0) is 165 Å². The fourth-order valence-corrected chi connectivity index (χ4v) is 23.1. The standard InChI is InChI=1S/C111H99Cl2N11O8S/c1-3-27-73-42-24-49-94-77(44-26-48-92(73)94)60-110(114,107(128)122-68-85-38-16-17-39-86(85)69-122)118-102(104(125)119-62-79-32-10-11-33-80(79)63-119)100(95-50-25-43-74-30-20-22-47-93(74)95)109(59-78-52-54-90(132-2)58-97(78)112,106(127)121-66-83-36-14-15-37-84(83)67-121)116-103(105(126)120-64-81-34-12-13-35-82(81)65-120)101(96-55-53-75(57-98(96)113)72-28-6-4-7-29-72)117-111(115,108(129)123-70-87-40-18-19-41-88(87)71-123)61-89-56-76-31-21-23-51-99(76)124(89)133(130,131)91-45-8-5-9-46-91/h3-26,28-58,100-103,116-118H,1,27,59-71,114-115H2,2H3. The molecule has 0 spiro atoms. The van der Waals surface area contributed by atoms with Gasteiger partial charge in [0, 0.05) is 112 Å². The molecule has 1 aromatic heterocycles. The van der Waals surface area contributed by atoms with Gasteiger partial charge in [-0.2, -0.15) is 0 Å². The lowest BCUT2D eigenvalue weighted by molar-refractivity contribution is -0.147. The van der Waals surface area contributed by atoms with E-state index in [-0.39, 0.29) is 98.1 Å². The Kier molecular flexibility index (Phi) is 23.7. The Bertz CT molecular complexity index is 7110. The lowest BCUT2D eigenvalue weighted by atomic mass is 9.67. The van der Waals surface area contributed by atoms with E-state index in [9.17, 15) is 0 Å². The van der Waals surface area contributed by atoms with Gasteiger partial charge in [-0.15, -0.1) is 6.58 Å². The molecule has 5 aliphatic heterocycles. The Labute approximate surface area is 783 Å². The lowest BCUT2D eigenvalue weighted by Crippen LogP contribution is -2.76. The van der Waals surface area contributed by atoms with Crippen molar-refractivity contribution in [3.8, 4) is 16.9 Å². The zero-order chi connectivity index (χ0) is 91.4. The van der Waals surface area contributed by atoms with Crippen molar-refractivity contribution >= 4 is 95.2 Å². The van der Waals surface area contributed by atoms with Crippen LogP contribution < -0.4 is 32.2 Å². The Morgan fingerprint density at radius 3 is 1.37 bits per heavy atom. The van der Waals surface area contributed by atoms with Gasteiger partial charge in [0.15, 0.2) is 11.3 Å². The van der Waals surface area contributed by atoms with Gasteiger partial charge in [-0.25, -0.2) is 12.4 Å². The predicted octanol–water partition coefficient (Wildman–Crippen LogP) is 17.7. The minimum Gasteiger partial charge on any atom is -0.497 e. The molecular weight excluding hydrogens is 1720 g/mol. The zero-order valence-corrected chi connectivity index (χ0v) is 75.8. The van der Waals surface area contributed by atoms with Crippen LogP contribution in [-0.4, -0.2) is 102 Å². The normalized spacial score (nSPS) is 16.1. The molecule has 0 bridgehead atoms. The Balaban J connectivity index is 0.893. The number of para-hydroxylation sites is 1. The molecule has 5 aliphatic rings. The van der Waals surface area contributed by atoms with Crippen molar-refractivity contribution < 1.29 is 37.1 Å². The van der Waals surface area contributed by atoms with Gasteiger partial charge in [-0.1, -0.05) is 314 Å². The van der Waals surface area contributed by atoms with Crippen LogP contribution in [0.3, 0.4) is 0 Å². The molecule has 7 unspecified atom stereocenters. The molecule has 0 saturated heterocycles.